The Morgan fingerprint density at radius 2 is 2.19 bits per heavy atom. The fourth-order valence-electron chi connectivity index (χ4n) is 3.00. The van der Waals surface area contributed by atoms with Crippen LogP contribution in [0.3, 0.4) is 0 Å². The molecule has 0 bridgehead atoms. The molecule has 0 aliphatic carbocycles. The Bertz CT molecular complexity index is 698. The van der Waals surface area contributed by atoms with Crippen LogP contribution in [0, 0.1) is 12.8 Å². The Hall–Kier alpha value is -1.61. The van der Waals surface area contributed by atoms with Gasteiger partial charge in [-0.2, -0.15) is 0 Å². The summed E-state index contributed by atoms with van der Waals surface area (Å²) < 4.78 is 0. The van der Waals surface area contributed by atoms with Crippen molar-refractivity contribution in [2.45, 2.75) is 26.7 Å². The number of nitrogens with zero attached hydrogens (tertiary/aromatic N) is 2. The Kier molecular flexibility index (Phi) is 3.85. The van der Waals surface area contributed by atoms with E-state index in [1.165, 1.54) is 6.42 Å². The minimum Gasteiger partial charge on any atom is -0.338 e. The summed E-state index contributed by atoms with van der Waals surface area (Å²) in [5, 5.41) is 1.62. The zero-order valence-corrected chi connectivity index (χ0v) is 13.2. The topological polar surface area (TPSA) is 33.2 Å². The Balaban J connectivity index is 1.97. The number of aryl methyl sites for hydroxylation is 1. The Labute approximate surface area is 129 Å². The van der Waals surface area contributed by atoms with Crippen molar-refractivity contribution in [3.05, 3.63) is 40.5 Å². The second-order valence-corrected chi connectivity index (χ2v) is 6.39. The first-order valence-corrected chi connectivity index (χ1v) is 7.78. The van der Waals surface area contributed by atoms with Crippen LogP contribution in [0.1, 0.15) is 35.8 Å². The zero-order valence-electron chi connectivity index (χ0n) is 12.4. The summed E-state index contributed by atoms with van der Waals surface area (Å²) in [6, 6.07) is 7.52. The summed E-state index contributed by atoms with van der Waals surface area (Å²) in [4.78, 5) is 19.2. The molecule has 4 heteroatoms. The van der Waals surface area contributed by atoms with Gasteiger partial charge in [0.2, 0.25) is 0 Å². The SMILES string of the molecule is Cc1nc2cc(Cl)ccc2cc1C(=O)N1CCC[C@@H](C)C1. The molecule has 0 radical (unpaired) electrons. The molecule has 0 N–H and O–H groups in total. The first-order valence-electron chi connectivity index (χ1n) is 7.41. The molecule has 110 valence electrons. The van der Waals surface area contributed by atoms with Crippen LogP contribution in [0.4, 0.5) is 0 Å². The molecule has 1 atom stereocenters. The Morgan fingerprint density at radius 1 is 1.38 bits per heavy atom. The minimum atomic E-state index is 0.100. The number of fused-ring (bicyclic) bond motifs is 1. The molecule has 1 amide bonds. The van der Waals surface area contributed by atoms with Crippen molar-refractivity contribution < 1.29 is 4.79 Å². The highest BCUT2D eigenvalue weighted by Gasteiger charge is 2.23. The molecule has 1 aliphatic rings. The number of carbonyl (C=O) groups excluding carboxylic acids is 1. The molecule has 0 spiro atoms. The average molecular weight is 303 g/mol. The minimum absolute atomic E-state index is 0.100. The van der Waals surface area contributed by atoms with Gasteiger partial charge in [0.05, 0.1) is 16.8 Å². The van der Waals surface area contributed by atoms with E-state index in [9.17, 15) is 4.79 Å². The predicted molar refractivity (Wildman–Crippen MR) is 85.8 cm³/mol. The van der Waals surface area contributed by atoms with E-state index in [4.69, 9.17) is 11.6 Å². The highest BCUT2D eigenvalue weighted by molar-refractivity contribution is 6.31. The molecule has 0 unspecified atom stereocenters. The fraction of sp³-hybridized carbons (Fsp3) is 0.412. The number of hydrogen-bond donors (Lipinski definition) is 0. The van der Waals surface area contributed by atoms with Crippen LogP contribution in [-0.4, -0.2) is 28.9 Å². The number of pyridine rings is 1. The molecule has 0 saturated carbocycles. The molecular weight excluding hydrogens is 284 g/mol. The lowest BCUT2D eigenvalue weighted by Crippen LogP contribution is -2.39. The van der Waals surface area contributed by atoms with E-state index in [-0.39, 0.29) is 5.91 Å². The number of aromatic nitrogens is 1. The number of likely N-dealkylation sites (tertiary alicyclic amines) is 1. The third kappa shape index (κ3) is 2.88. The highest BCUT2D eigenvalue weighted by Crippen LogP contribution is 2.23. The van der Waals surface area contributed by atoms with Gasteiger partial charge in [0.25, 0.3) is 5.91 Å². The van der Waals surface area contributed by atoms with Crippen molar-refractivity contribution in [2.75, 3.05) is 13.1 Å². The maximum atomic E-state index is 12.7. The van der Waals surface area contributed by atoms with Gasteiger partial charge in [0.15, 0.2) is 0 Å². The molecule has 3 rings (SSSR count). The lowest BCUT2D eigenvalue weighted by atomic mass is 9.99. The normalized spacial score (nSPS) is 19.0. The average Bonchev–Trinajstić information content (AvgIpc) is 2.45. The van der Waals surface area contributed by atoms with E-state index in [0.29, 0.717) is 16.5 Å². The summed E-state index contributed by atoms with van der Waals surface area (Å²) in [6.07, 6.45) is 2.29. The van der Waals surface area contributed by atoms with E-state index < -0.39 is 0 Å². The van der Waals surface area contributed by atoms with Gasteiger partial charge in [0.1, 0.15) is 0 Å². The third-order valence-corrected chi connectivity index (χ3v) is 4.38. The summed E-state index contributed by atoms with van der Waals surface area (Å²) in [7, 11) is 0. The summed E-state index contributed by atoms with van der Waals surface area (Å²) in [6.45, 7) is 5.78. The smallest absolute Gasteiger partial charge is 0.255 e. The molecule has 1 aliphatic heterocycles. The molecule has 2 aromatic rings. The number of benzene rings is 1. The van der Waals surface area contributed by atoms with Gasteiger partial charge in [-0.25, -0.2) is 0 Å². The van der Waals surface area contributed by atoms with E-state index in [1.807, 2.05) is 36.1 Å². The van der Waals surface area contributed by atoms with Crippen molar-refractivity contribution in [1.29, 1.82) is 0 Å². The number of piperidine rings is 1. The van der Waals surface area contributed by atoms with Crippen molar-refractivity contribution in [3.8, 4) is 0 Å². The van der Waals surface area contributed by atoms with Crippen LogP contribution in [0.5, 0.6) is 0 Å². The number of halogens is 1. The van der Waals surface area contributed by atoms with Crippen molar-refractivity contribution in [1.82, 2.24) is 9.88 Å². The van der Waals surface area contributed by atoms with Crippen LogP contribution in [-0.2, 0) is 0 Å². The standard InChI is InChI=1S/C17H19ClN2O/c1-11-4-3-7-20(10-11)17(21)15-8-13-5-6-14(18)9-16(13)19-12(15)2/h5-6,8-9,11H,3-4,7,10H2,1-2H3/t11-/m1/s1. The van der Waals surface area contributed by atoms with Gasteiger partial charge in [0, 0.05) is 23.5 Å². The van der Waals surface area contributed by atoms with Crippen molar-refractivity contribution in [3.63, 3.8) is 0 Å². The van der Waals surface area contributed by atoms with Crippen LogP contribution >= 0.6 is 11.6 Å². The monoisotopic (exact) mass is 302 g/mol. The predicted octanol–water partition coefficient (Wildman–Crippen LogP) is 4.07. The number of hydrogen-bond acceptors (Lipinski definition) is 2. The van der Waals surface area contributed by atoms with E-state index in [0.717, 1.165) is 36.1 Å². The van der Waals surface area contributed by atoms with E-state index in [2.05, 4.69) is 11.9 Å². The van der Waals surface area contributed by atoms with Gasteiger partial charge in [-0.05, 0) is 43.9 Å². The lowest BCUT2D eigenvalue weighted by Gasteiger charge is -2.31. The highest BCUT2D eigenvalue weighted by atomic mass is 35.5. The quantitative estimate of drug-likeness (QED) is 0.795. The molecule has 1 aromatic carbocycles. The molecular formula is C17H19ClN2O. The number of amides is 1. The van der Waals surface area contributed by atoms with Gasteiger partial charge >= 0.3 is 0 Å². The van der Waals surface area contributed by atoms with Crippen LogP contribution < -0.4 is 0 Å². The maximum Gasteiger partial charge on any atom is 0.255 e. The van der Waals surface area contributed by atoms with Crippen LogP contribution in [0.25, 0.3) is 10.9 Å². The number of carbonyl (C=O) groups is 1. The first kappa shape index (κ1) is 14.3. The van der Waals surface area contributed by atoms with Gasteiger partial charge in [-0.3, -0.25) is 9.78 Å². The molecule has 1 aromatic heterocycles. The summed E-state index contributed by atoms with van der Waals surface area (Å²) >= 11 is 6.00. The van der Waals surface area contributed by atoms with E-state index in [1.54, 1.807) is 0 Å². The first-order chi connectivity index (χ1) is 10.0. The molecule has 2 heterocycles. The maximum absolute atomic E-state index is 12.7. The second-order valence-electron chi connectivity index (χ2n) is 5.96. The molecule has 1 saturated heterocycles. The van der Waals surface area contributed by atoms with E-state index >= 15 is 0 Å². The fourth-order valence-corrected chi connectivity index (χ4v) is 3.16. The number of rotatable bonds is 1. The third-order valence-electron chi connectivity index (χ3n) is 4.14. The summed E-state index contributed by atoms with van der Waals surface area (Å²) in [5.41, 5.74) is 2.32. The second kappa shape index (κ2) is 5.64. The van der Waals surface area contributed by atoms with Crippen molar-refractivity contribution >= 4 is 28.4 Å². The summed E-state index contributed by atoms with van der Waals surface area (Å²) in [5.74, 6) is 0.679. The Morgan fingerprint density at radius 3 is 2.95 bits per heavy atom. The van der Waals surface area contributed by atoms with Crippen LogP contribution in [0.15, 0.2) is 24.3 Å². The lowest BCUT2D eigenvalue weighted by molar-refractivity contribution is 0.0682. The van der Waals surface area contributed by atoms with Crippen LogP contribution in [0.2, 0.25) is 5.02 Å². The zero-order chi connectivity index (χ0) is 15.0. The molecule has 1 fully saturated rings. The van der Waals surface area contributed by atoms with Gasteiger partial charge < -0.3 is 4.90 Å². The van der Waals surface area contributed by atoms with Gasteiger partial charge in [-0.1, -0.05) is 24.6 Å². The molecule has 21 heavy (non-hydrogen) atoms. The van der Waals surface area contributed by atoms with Crippen molar-refractivity contribution in [2.24, 2.45) is 5.92 Å². The van der Waals surface area contributed by atoms with Gasteiger partial charge in [-0.15, -0.1) is 0 Å². The largest absolute Gasteiger partial charge is 0.338 e. The molecule has 3 nitrogen and oxygen atoms in total.